The molecule has 1 aromatic carbocycles. The van der Waals surface area contributed by atoms with Crippen molar-refractivity contribution in [3.8, 4) is 0 Å². The minimum absolute atomic E-state index is 0.186. The molecular formula is C26H28FN5S. The predicted molar refractivity (Wildman–Crippen MR) is 134 cm³/mol. The third-order valence-electron chi connectivity index (χ3n) is 5.59. The summed E-state index contributed by atoms with van der Waals surface area (Å²) >= 11 is 0.186. The number of halogens is 1. The summed E-state index contributed by atoms with van der Waals surface area (Å²) in [6.07, 6.45) is 13.5. The Hall–Kier alpha value is -3.19. The first-order valence-corrected chi connectivity index (χ1v) is 12.0. The van der Waals surface area contributed by atoms with Crippen LogP contribution in [0.3, 0.4) is 0 Å². The van der Waals surface area contributed by atoms with E-state index >= 15 is 0 Å². The van der Waals surface area contributed by atoms with Crippen LogP contribution in [0.4, 0.5) is 9.70 Å². The molecule has 7 heteroatoms. The average molecular weight is 462 g/mol. The van der Waals surface area contributed by atoms with E-state index in [1.165, 1.54) is 11.8 Å². The minimum atomic E-state index is 0.186. The van der Waals surface area contributed by atoms with E-state index in [-0.39, 0.29) is 18.1 Å². The van der Waals surface area contributed by atoms with Crippen LogP contribution in [0.2, 0.25) is 0 Å². The number of pyridine rings is 1. The summed E-state index contributed by atoms with van der Waals surface area (Å²) in [5.74, 6) is 1.09. The number of anilines is 1. The Bertz CT molecular complexity index is 1180. The van der Waals surface area contributed by atoms with Crippen molar-refractivity contribution in [1.82, 2.24) is 19.6 Å². The second-order valence-corrected chi connectivity index (χ2v) is 8.57. The third kappa shape index (κ3) is 5.99. The Morgan fingerprint density at radius 2 is 2.00 bits per heavy atom. The first-order chi connectivity index (χ1) is 16.3. The summed E-state index contributed by atoms with van der Waals surface area (Å²) in [4.78, 5) is 9.45. The van der Waals surface area contributed by atoms with Gasteiger partial charge in [0.05, 0.1) is 18.3 Å². The van der Waals surface area contributed by atoms with Gasteiger partial charge in [0.15, 0.2) is 5.65 Å². The second kappa shape index (κ2) is 11.6. The molecular weight excluding hydrogens is 433 g/mol. The standard InChI is InChI=1S/C26H28FN5S/c1-2-9-22(14-7-6-12-20-10-4-3-5-11-20)23-16-25(29-18-21-13-8-15-28-17-21)32-26(31-23)24(33-27)19-30-32/h3-6,8,10-13,15-17,19,22,29H,2,7,9,14,18H2,1H3/b12-6+. The van der Waals surface area contributed by atoms with Gasteiger partial charge < -0.3 is 5.32 Å². The zero-order chi connectivity index (χ0) is 22.9. The maximum atomic E-state index is 13.5. The second-order valence-electron chi connectivity index (χ2n) is 7.98. The van der Waals surface area contributed by atoms with Crippen molar-refractivity contribution in [2.75, 3.05) is 5.32 Å². The molecule has 4 aromatic rings. The molecule has 0 saturated heterocycles. The zero-order valence-corrected chi connectivity index (χ0v) is 19.5. The van der Waals surface area contributed by atoms with Gasteiger partial charge in [-0.05, 0) is 36.5 Å². The minimum Gasteiger partial charge on any atom is -0.366 e. The summed E-state index contributed by atoms with van der Waals surface area (Å²) in [6.45, 7) is 2.79. The van der Waals surface area contributed by atoms with Gasteiger partial charge in [-0.2, -0.15) is 13.5 Å². The molecule has 0 bridgehead atoms. The fourth-order valence-electron chi connectivity index (χ4n) is 3.92. The summed E-state index contributed by atoms with van der Waals surface area (Å²) < 4.78 is 15.2. The molecule has 170 valence electrons. The van der Waals surface area contributed by atoms with E-state index in [1.807, 2.05) is 36.5 Å². The Labute approximate surface area is 198 Å². The molecule has 5 nitrogen and oxygen atoms in total. The lowest BCUT2D eigenvalue weighted by Crippen LogP contribution is -2.10. The Morgan fingerprint density at radius 1 is 1.12 bits per heavy atom. The number of allylic oxidation sites excluding steroid dienone is 1. The molecule has 1 N–H and O–H groups in total. The van der Waals surface area contributed by atoms with Crippen molar-refractivity contribution in [2.45, 2.75) is 50.0 Å². The molecule has 0 radical (unpaired) electrons. The highest BCUT2D eigenvalue weighted by molar-refractivity contribution is 7.94. The molecule has 0 fully saturated rings. The molecule has 0 aliphatic carbocycles. The number of nitrogens with one attached hydrogen (secondary N) is 1. The quantitative estimate of drug-likeness (QED) is 0.258. The first-order valence-electron chi connectivity index (χ1n) is 11.3. The van der Waals surface area contributed by atoms with Crippen LogP contribution >= 0.6 is 12.1 Å². The average Bonchev–Trinajstić information content (AvgIpc) is 3.29. The van der Waals surface area contributed by atoms with Crippen LogP contribution in [0.15, 0.2) is 78.1 Å². The number of benzene rings is 1. The van der Waals surface area contributed by atoms with E-state index in [1.54, 1.807) is 10.7 Å². The van der Waals surface area contributed by atoms with Crippen molar-refractivity contribution >= 4 is 29.7 Å². The van der Waals surface area contributed by atoms with Crippen LogP contribution in [0.5, 0.6) is 0 Å². The summed E-state index contributed by atoms with van der Waals surface area (Å²) in [5.41, 5.74) is 3.79. The topological polar surface area (TPSA) is 55.1 Å². The van der Waals surface area contributed by atoms with Gasteiger partial charge >= 0.3 is 0 Å². The number of aromatic nitrogens is 4. The maximum absolute atomic E-state index is 13.5. The highest BCUT2D eigenvalue weighted by atomic mass is 32.2. The van der Waals surface area contributed by atoms with Gasteiger partial charge in [-0.25, -0.2) is 4.98 Å². The van der Waals surface area contributed by atoms with E-state index in [2.05, 4.69) is 52.7 Å². The molecule has 3 aromatic heterocycles. The molecule has 0 amide bonds. The summed E-state index contributed by atoms with van der Waals surface area (Å²) in [5, 5.41) is 7.80. The lowest BCUT2D eigenvalue weighted by atomic mass is 9.93. The normalized spacial score (nSPS) is 12.4. The number of nitrogens with zero attached hydrogens (tertiary/aromatic N) is 4. The molecule has 3 heterocycles. The lowest BCUT2D eigenvalue weighted by Gasteiger charge is -2.17. The number of rotatable bonds is 11. The third-order valence-corrected chi connectivity index (χ3v) is 6.04. The van der Waals surface area contributed by atoms with Gasteiger partial charge in [0.2, 0.25) is 0 Å². The number of hydrogen-bond acceptors (Lipinski definition) is 5. The van der Waals surface area contributed by atoms with Crippen LogP contribution in [-0.4, -0.2) is 19.6 Å². The SMILES string of the molecule is CCCC(CC/C=C/c1ccccc1)c1cc(NCc2cccnc2)n2ncc(SF)c2n1. The van der Waals surface area contributed by atoms with Crippen molar-refractivity contribution in [3.63, 3.8) is 0 Å². The molecule has 1 atom stereocenters. The van der Waals surface area contributed by atoms with E-state index < -0.39 is 0 Å². The van der Waals surface area contributed by atoms with Crippen LogP contribution in [-0.2, 0) is 6.54 Å². The summed E-state index contributed by atoms with van der Waals surface area (Å²) in [6, 6.07) is 16.3. The molecule has 0 aliphatic rings. The molecule has 1 unspecified atom stereocenters. The van der Waals surface area contributed by atoms with Crippen molar-refractivity contribution in [2.24, 2.45) is 0 Å². The van der Waals surface area contributed by atoms with Crippen LogP contribution < -0.4 is 5.32 Å². The monoisotopic (exact) mass is 461 g/mol. The number of fused-ring (bicyclic) bond motifs is 1. The predicted octanol–water partition coefficient (Wildman–Crippen LogP) is 7.09. The van der Waals surface area contributed by atoms with Crippen molar-refractivity contribution in [3.05, 3.63) is 90.0 Å². The van der Waals surface area contributed by atoms with Crippen LogP contribution in [0.25, 0.3) is 11.7 Å². The fourth-order valence-corrected chi connectivity index (χ4v) is 4.20. The Balaban J connectivity index is 1.57. The lowest BCUT2D eigenvalue weighted by molar-refractivity contribution is 0.560. The first kappa shape index (κ1) is 23.0. The van der Waals surface area contributed by atoms with Gasteiger partial charge in [0.1, 0.15) is 10.7 Å². The van der Waals surface area contributed by atoms with E-state index in [0.717, 1.165) is 42.8 Å². The highest BCUT2D eigenvalue weighted by Gasteiger charge is 2.18. The van der Waals surface area contributed by atoms with Gasteiger partial charge in [-0.1, -0.05) is 61.9 Å². The largest absolute Gasteiger partial charge is 0.366 e. The van der Waals surface area contributed by atoms with Crippen molar-refractivity contribution in [1.29, 1.82) is 0 Å². The van der Waals surface area contributed by atoms with E-state index in [4.69, 9.17) is 4.98 Å². The molecule has 0 aliphatic heterocycles. The van der Waals surface area contributed by atoms with Crippen molar-refractivity contribution < 1.29 is 3.89 Å². The zero-order valence-electron chi connectivity index (χ0n) is 18.7. The maximum Gasteiger partial charge on any atom is 0.173 e. The van der Waals surface area contributed by atoms with Crippen LogP contribution in [0, 0.1) is 0 Å². The van der Waals surface area contributed by atoms with Gasteiger partial charge in [-0.15, -0.1) is 0 Å². The molecule has 0 spiro atoms. The number of hydrogen-bond donors (Lipinski definition) is 1. The van der Waals surface area contributed by atoms with Gasteiger partial charge in [0.25, 0.3) is 0 Å². The highest BCUT2D eigenvalue weighted by Crippen LogP contribution is 2.31. The van der Waals surface area contributed by atoms with Crippen LogP contribution in [0.1, 0.15) is 55.3 Å². The molecule has 0 saturated carbocycles. The smallest absolute Gasteiger partial charge is 0.173 e. The Morgan fingerprint density at radius 3 is 2.76 bits per heavy atom. The molecule has 33 heavy (non-hydrogen) atoms. The Kier molecular flexibility index (Phi) is 8.09. The molecule has 4 rings (SSSR count). The van der Waals surface area contributed by atoms with E-state index in [9.17, 15) is 3.89 Å². The van der Waals surface area contributed by atoms with Gasteiger partial charge in [-0.3, -0.25) is 4.98 Å². The van der Waals surface area contributed by atoms with Gasteiger partial charge in [0, 0.05) is 36.6 Å². The summed E-state index contributed by atoms with van der Waals surface area (Å²) in [7, 11) is 0. The fraction of sp³-hybridized carbons (Fsp3) is 0.269. The van der Waals surface area contributed by atoms with E-state index in [0.29, 0.717) is 17.1 Å².